The van der Waals surface area contributed by atoms with Crippen molar-refractivity contribution in [1.82, 2.24) is 0 Å². The molecule has 2 atom stereocenters. The number of carbonyl (C=O) groups is 2. The van der Waals surface area contributed by atoms with Crippen LogP contribution in [0.4, 0.5) is 0 Å². The zero-order chi connectivity index (χ0) is 9.14. The third-order valence-electron chi connectivity index (χ3n) is 1.16. The Hall–Kier alpha value is -0.750. The molecule has 1 heterocycles. The minimum atomic E-state index is -1.05. The fourth-order valence-electron chi connectivity index (χ4n) is 0.759. The summed E-state index contributed by atoms with van der Waals surface area (Å²) < 4.78 is 9.50. The van der Waals surface area contributed by atoms with Gasteiger partial charge in [-0.05, 0) is 0 Å². The maximum Gasteiger partial charge on any atom is 0.343 e. The van der Waals surface area contributed by atoms with Gasteiger partial charge in [-0.3, -0.25) is 4.79 Å². The van der Waals surface area contributed by atoms with Crippen LogP contribution < -0.4 is 0 Å². The van der Waals surface area contributed by atoms with Gasteiger partial charge in [-0.2, -0.15) is 0 Å². The van der Waals surface area contributed by atoms with Crippen molar-refractivity contribution in [2.24, 2.45) is 0 Å². The number of esters is 1. The number of hydrogen-bond donors (Lipinski definition) is 1. The Bertz CT molecular complexity index is 204. The van der Waals surface area contributed by atoms with Crippen molar-refractivity contribution >= 4 is 23.7 Å². The number of carboxylic acids is 1. The van der Waals surface area contributed by atoms with Crippen LogP contribution in [0.3, 0.4) is 0 Å². The molecule has 1 saturated heterocycles. The third-order valence-corrected chi connectivity index (χ3v) is 2.24. The quantitative estimate of drug-likeness (QED) is 0.623. The highest BCUT2D eigenvalue weighted by Gasteiger charge is 2.32. The summed E-state index contributed by atoms with van der Waals surface area (Å²) in [4.78, 5) is 20.8. The lowest BCUT2D eigenvalue weighted by molar-refractivity contribution is -0.177. The van der Waals surface area contributed by atoms with Gasteiger partial charge in [0, 0.05) is 6.92 Å². The summed E-state index contributed by atoms with van der Waals surface area (Å²) in [5.74, 6) is -1.14. The molecule has 12 heavy (non-hydrogen) atoms. The van der Waals surface area contributed by atoms with Crippen LogP contribution in [0.15, 0.2) is 0 Å². The SMILES string of the molecule is CC(=O)OC1CSC(C(=O)O)O1. The number of carboxylic acid groups (broad SMARTS) is 1. The van der Waals surface area contributed by atoms with Gasteiger partial charge < -0.3 is 14.6 Å². The molecule has 0 aromatic heterocycles. The van der Waals surface area contributed by atoms with E-state index in [0.29, 0.717) is 5.75 Å². The van der Waals surface area contributed by atoms with E-state index in [4.69, 9.17) is 9.84 Å². The molecule has 5 nitrogen and oxygen atoms in total. The molecule has 0 amide bonds. The minimum absolute atomic E-state index is 0.372. The number of hydrogen-bond acceptors (Lipinski definition) is 5. The van der Waals surface area contributed by atoms with Crippen molar-refractivity contribution in [2.45, 2.75) is 18.6 Å². The lowest BCUT2D eigenvalue weighted by atomic mass is 10.7. The lowest BCUT2D eigenvalue weighted by Gasteiger charge is -2.08. The van der Waals surface area contributed by atoms with Crippen molar-refractivity contribution in [3.8, 4) is 0 Å². The Morgan fingerprint density at radius 1 is 1.67 bits per heavy atom. The number of carbonyl (C=O) groups excluding carboxylic acids is 1. The summed E-state index contributed by atoms with van der Waals surface area (Å²) in [6.45, 7) is 1.25. The van der Waals surface area contributed by atoms with Crippen LogP contribution in [0.1, 0.15) is 6.92 Å². The number of thioether (sulfide) groups is 1. The molecular formula is C6H8O5S. The van der Waals surface area contributed by atoms with Gasteiger partial charge in [0.25, 0.3) is 0 Å². The first kappa shape index (κ1) is 9.34. The topological polar surface area (TPSA) is 72.8 Å². The van der Waals surface area contributed by atoms with E-state index >= 15 is 0 Å². The van der Waals surface area contributed by atoms with E-state index in [1.165, 1.54) is 6.92 Å². The predicted molar refractivity (Wildman–Crippen MR) is 40.5 cm³/mol. The van der Waals surface area contributed by atoms with E-state index in [2.05, 4.69) is 4.74 Å². The van der Waals surface area contributed by atoms with Gasteiger partial charge in [0.2, 0.25) is 11.7 Å². The first-order chi connectivity index (χ1) is 5.59. The van der Waals surface area contributed by atoms with Crippen LogP contribution in [0.2, 0.25) is 0 Å². The van der Waals surface area contributed by atoms with Gasteiger partial charge in [-0.1, -0.05) is 0 Å². The molecule has 0 bridgehead atoms. The second kappa shape index (κ2) is 3.77. The van der Waals surface area contributed by atoms with Gasteiger partial charge in [0.15, 0.2) is 0 Å². The molecule has 1 aliphatic heterocycles. The molecule has 0 spiro atoms. The van der Waals surface area contributed by atoms with Gasteiger partial charge >= 0.3 is 11.9 Å². The smallest absolute Gasteiger partial charge is 0.343 e. The summed E-state index contributed by atoms with van der Waals surface area (Å²) in [6.07, 6.45) is -0.714. The van der Waals surface area contributed by atoms with Crippen LogP contribution in [0.5, 0.6) is 0 Å². The summed E-state index contributed by atoms with van der Waals surface area (Å²) in [6, 6.07) is 0. The van der Waals surface area contributed by atoms with Gasteiger partial charge in [-0.25, -0.2) is 4.79 Å². The van der Waals surface area contributed by atoms with Crippen molar-refractivity contribution in [1.29, 1.82) is 0 Å². The normalized spacial score (nSPS) is 28.4. The fourth-order valence-corrected chi connectivity index (χ4v) is 1.58. The van der Waals surface area contributed by atoms with Gasteiger partial charge in [0.05, 0.1) is 5.75 Å². The van der Waals surface area contributed by atoms with Crippen LogP contribution >= 0.6 is 11.8 Å². The highest BCUT2D eigenvalue weighted by molar-refractivity contribution is 8.00. The molecule has 6 heteroatoms. The average Bonchev–Trinajstić information content (AvgIpc) is 2.34. The van der Waals surface area contributed by atoms with Crippen molar-refractivity contribution in [3.63, 3.8) is 0 Å². The van der Waals surface area contributed by atoms with Crippen molar-refractivity contribution in [3.05, 3.63) is 0 Å². The fraction of sp³-hybridized carbons (Fsp3) is 0.667. The van der Waals surface area contributed by atoms with Gasteiger partial charge in [-0.15, -0.1) is 11.8 Å². The zero-order valence-corrected chi connectivity index (χ0v) is 7.17. The van der Waals surface area contributed by atoms with Crippen molar-refractivity contribution < 1.29 is 24.2 Å². The number of rotatable bonds is 2. The molecule has 0 aromatic rings. The summed E-state index contributed by atoms with van der Waals surface area (Å²) in [5.41, 5.74) is -0.908. The molecule has 2 unspecified atom stereocenters. The maximum atomic E-state index is 10.4. The third kappa shape index (κ3) is 2.38. The van der Waals surface area contributed by atoms with Crippen LogP contribution in [0, 0.1) is 0 Å². The van der Waals surface area contributed by atoms with Crippen LogP contribution in [-0.4, -0.2) is 34.5 Å². The highest BCUT2D eigenvalue weighted by atomic mass is 32.2. The maximum absolute atomic E-state index is 10.4. The largest absolute Gasteiger partial charge is 0.479 e. The zero-order valence-electron chi connectivity index (χ0n) is 6.35. The molecule has 1 fully saturated rings. The second-order valence-electron chi connectivity index (χ2n) is 2.18. The van der Waals surface area contributed by atoms with E-state index in [9.17, 15) is 9.59 Å². The Kier molecular flexibility index (Phi) is 2.93. The Labute approximate surface area is 73.0 Å². The Morgan fingerprint density at radius 3 is 2.75 bits per heavy atom. The van der Waals surface area contributed by atoms with E-state index < -0.39 is 23.7 Å². The molecule has 0 aromatic carbocycles. The molecule has 1 aliphatic rings. The van der Waals surface area contributed by atoms with E-state index in [-0.39, 0.29) is 0 Å². The molecule has 1 N–H and O–H groups in total. The van der Waals surface area contributed by atoms with E-state index in [0.717, 1.165) is 11.8 Å². The summed E-state index contributed by atoms with van der Waals surface area (Å²) >= 11 is 1.10. The molecule has 1 rings (SSSR count). The lowest BCUT2D eigenvalue weighted by Crippen LogP contribution is -2.22. The minimum Gasteiger partial charge on any atom is -0.479 e. The number of ether oxygens (including phenoxy) is 2. The van der Waals surface area contributed by atoms with Gasteiger partial charge in [0.1, 0.15) is 0 Å². The summed E-state index contributed by atoms with van der Waals surface area (Å²) in [5, 5.41) is 8.48. The number of aliphatic carboxylic acids is 1. The molecule has 0 aliphatic carbocycles. The van der Waals surface area contributed by atoms with Crippen molar-refractivity contribution in [2.75, 3.05) is 5.75 Å². The molecule has 68 valence electrons. The summed E-state index contributed by atoms with van der Waals surface area (Å²) in [7, 11) is 0. The Morgan fingerprint density at radius 2 is 2.33 bits per heavy atom. The van der Waals surface area contributed by atoms with Crippen LogP contribution in [0.25, 0.3) is 0 Å². The van der Waals surface area contributed by atoms with E-state index in [1.54, 1.807) is 0 Å². The molecule has 0 saturated carbocycles. The second-order valence-corrected chi connectivity index (χ2v) is 3.27. The first-order valence-corrected chi connectivity index (χ1v) is 4.31. The first-order valence-electron chi connectivity index (χ1n) is 3.26. The highest BCUT2D eigenvalue weighted by Crippen LogP contribution is 2.25. The average molecular weight is 192 g/mol. The molecule has 0 radical (unpaired) electrons. The Balaban J connectivity index is 2.35. The molecular weight excluding hydrogens is 184 g/mol. The standard InChI is InChI=1S/C6H8O5S/c1-3(7)10-4-2-12-6(11-4)5(8)9/h4,6H,2H2,1H3,(H,8,9). The predicted octanol–water partition coefficient (Wildman–Crippen LogP) is 0.0497. The van der Waals surface area contributed by atoms with Crippen LogP contribution in [-0.2, 0) is 19.1 Å². The monoisotopic (exact) mass is 192 g/mol. The van der Waals surface area contributed by atoms with E-state index in [1.807, 2.05) is 0 Å².